The van der Waals surface area contributed by atoms with Crippen molar-refractivity contribution in [1.29, 1.82) is 0 Å². The van der Waals surface area contributed by atoms with Crippen LogP contribution in [-0.2, 0) is 4.57 Å². The summed E-state index contributed by atoms with van der Waals surface area (Å²) in [6, 6.07) is 10.4. The molecule has 0 amide bonds. The van der Waals surface area contributed by atoms with Crippen molar-refractivity contribution in [3.8, 4) is 0 Å². The summed E-state index contributed by atoms with van der Waals surface area (Å²) in [6.07, 6.45) is 0. The van der Waals surface area contributed by atoms with Gasteiger partial charge < -0.3 is 0 Å². The highest BCUT2D eigenvalue weighted by Gasteiger charge is 2.25. The minimum atomic E-state index is -3.19. The summed E-state index contributed by atoms with van der Waals surface area (Å²) in [5, 5.41) is 2.14. The Hall–Kier alpha value is -0.460. The first-order valence-electron chi connectivity index (χ1n) is 5.65. The molecule has 0 atom stereocenters. The number of hydrogen-bond acceptors (Lipinski definition) is 1. The van der Waals surface area contributed by atoms with Crippen molar-refractivity contribution in [1.82, 2.24) is 0 Å². The molecule has 19 heavy (non-hydrogen) atoms. The molecule has 1 nitrogen and oxygen atoms in total. The highest BCUT2D eigenvalue weighted by Crippen LogP contribution is 2.49. The summed E-state index contributed by atoms with van der Waals surface area (Å²) in [5.41, 5.74) is 1.84. The number of aryl methyl sites for hydroxylation is 2. The SMILES string of the molecule is Cc1ccc(P(=O)(Cl)c2ccc(C)c(Cl)c2)cc1Cl. The van der Waals surface area contributed by atoms with Crippen LogP contribution >= 0.6 is 40.9 Å². The van der Waals surface area contributed by atoms with Gasteiger partial charge in [0.2, 0.25) is 6.49 Å². The fourth-order valence-corrected chi connectivity index (χ4v) is 4.24. The normalized spacial score (nSPS) is 11.6. The Morgan fingerprint density at radius 3 is 1.53 bits per heavy atom. The van der Waals surface area contributed by atoms with E-state index in [2.05, 4.69) is 0 Å². The third-order valence-corrected chi connectivity index (χ3v) is 6.85. The molecule has 0 fully saturated rings. The van der Waals surface area contributed by atoms with Crippen LogP contribution < -0.4 is 10.6 Å². The second-order valence-corrected chi connectivity index (χ2v) is 8.74. The number of benzene rings is 2. The molecule has 5 heteroatoms. The molecule has 2 rings (SSSR count). The fraction of sp³-hybridized carbons (Fsp3) is 0.143. The van der Waals surface area contributed by atoms with Gasteiger partial charge in [-0.1, -0.05) is 35.3 Å². The van der Waals surface area contributed by atoms with Crippen LogP contribution in [0.4, 0.5) is 0 Å². The van der Waals surface area contributed by atoms with E-state index in [9.17, 15) is 4.57 Å². The lowest BCUT2D eigenvalue weighted by molar-refractivity contribution is 0.595. The van der Waals surface area contributed by atoms with Gasteiger partial charge in [0.1, 0.15) is 0 Å². The van der Waals surface area contributed by atoms with Crippen LogP contribution in [0.2, 0.25) is 10.0 Å². The maximum absolute atomic E-state index is 12.8. The molecule has 0 radical (unpaired) electrons. The minimum Gasteiger partial charge on any atom is -0.296 e. The van der Waals surface area contributed by atoms with Crippen LogP contribution in [0.1, 0.15) is 11.1 Å². The molecule has 0 aromatic heterocycles. The first kappa shape index (κ1) is 14.9. The molecule has 0 heterocycles. The Morgan fingerprint density at radius 2 is 1.21 bits per heavy atom. The molecule has 0 aliphatic rings. The third kappa shape index (κ3) is 3.01. The van der Waals surface area contributed by atoms with Crippen molar-refractivity contribution in [2.45, 2.75) is 13.8 Å². The molecule has 0 saturated heterocycles. The zero-order chi connectivity index (χ0) is 14.2. The first-order valence-corrected chi connectivity index (χ1v) is 9.02. The first-order chi connectivity index (χ1) is 8.82. The van der Waals surface area contributed by atoms with Gasteiger partial charge in [0, 0.05) is 20.7 Å². The second kappa shape index (κ2) is 5.50. The number of hydrogen-bond donors (Lipinski definition) is 0. The van der Waals surface area contributed by atoms with Crippen LogP contribution in [0.5, 0.6) is 0 Å². The monoisotopic (exact) mass is 332 g/mol. The summed E-state index contributed by atoms with van der Waals surface area (Å²) in [7, 11) is 0. The minimum absolute atomic E-state index is 0.518. The molecule has 0 N–H and O–H groups in total. The van der Waals surface area contributed by atoms with Gasteiger partial charge in [-0.2, -0.15) is 0 Å². The maximum Gasteiger partial charge on any atom is 0.225 e. The van der Waals surface area contributed by atoms with Crippen LogP contribution in [0, 0.1) is 13.8 Å². The van der Waals surface area contributed by atoms with Crippen molar-refractivity contribution >= 4 is 51.5 Å². The zero-order valence-corrected chi connectivity index (χ0v) is 13.6. The molecule has 2 aromatic carbocycles. The quantitative estimate of drug-likeness (QED) is 0.701. The van der Waals surface area contributed by atoms with E-state index in [1.165, 1.54) is 0 Å². The zero-order valence-electron chi connectivity index (χ0n) is 10.5. The molecule has 100 valence electrons. The van der Waals surface area contributed by atoms with Gasteiger partial charge in [-0.15, -0.1) is 0 Å². The highest BCUT2D eigenvalue weighted by molar-refractivity contribution is 8.00. The van der Waals surface area contributed by atoms with E-state index in [-0.39, 0.29) is 0 Å². The summed E-state index contributed by atoms with van der Waals surface area (Å²) in [6.45, 7) is 0.578. The smallest absolute Gasteiger partial charge is 0.225 e. The van der Waals surface area contributed by atoms with Gasteiger partial charge in [0.05, 0.1) is 0 Å². The lowest BCUT2D eigenvalue weighted by Gasteiger charge is -2.13. The summed E-state index contributed by atoms with van der Waals surface area (Å²) < 4.78 is 12.8. The second-order valence-electron chi connectivity index (χ2n) is 4.40. The maximum atomic E-state index is 12.8. The van der Waals surface area contributed by atoms with Gasteiger partial charge in [0.15, 0.2) is 0 Å². The lowest BCUT2D eigenvalue weighted by atomic mass is 10.2. The molecular weight excluding hydrogens is 321 g/mol. The van der Waals surface area contributed by atoms with E-state index >= 15 is 0 Å². The van der Waals surface area contributed by atoms with Crippen molar-refractivity contribution in [3.63, 3.8) is 0 Å². The Bertz CT molecular complexity index is 627. The Morgan fingerprint density at radius 1 is 0.842 bits per heavy atom. The topological polar surface area (TPSA) is 17.1 Å². The molecule has 0 aliphatic carbocycles. The van der Waals surface area contributed by atoms with Gasteiger partial charge in [-0.05, 0) is 60.5 Å². The van der Waals surface area contributed by atoms with E-state index in [1.54, 1.807) is 24.3 Å². The summed E-state index contributed by atoms with van der Waals surface area (Å²) >= 11 is 18.4. The summed E-state index contributed by atoms with van der Waals surface area (Å²) in [4.78, 5) is 0. The van der Waals surface area contributed by atoms with Crippen LogP contribution in [0.25, 0.3) is 0 Å². The van der Waals surface area contributed by atoms with Gasteiger partial charge in [-0.25, -0.2) is 0 Å². The van der Waals surface area contributed by atoms with E-state index < -0.39 is 6.49 Å². The van der Waals surface area contributed by atoms with Gasteiger partial charge in [-0.3, -0.25) is 4.57 Å². The molecule has 2 aromatic rings. The number of rotatable bonds is 2. The lowest BCUT2D eigenvalue weighted by Crippen LogP contribution is -2.12. The summed E-state index contributed by atoms with van der Waals surface area (Å²) in [5.74, 6) is 0. The third-order valence-electron chi connectivity index (χ3n) is 2.98. The van der Waals surface area contributed by atoms with Crippen LogP contribution in [-0.4, -0.2) is 0 Å². The van der Waals surface area contributed by atoms with E-state index in [1.807, 2.05) is 26.0 Å². The van der Waals surface area contributed by atoms with Crippen LogP contribution in [0.15, 0.2) is 36.4 Å². The van der Waals surface area contributed by atoms with E-state index in [0.29, 0.717) is 20.7 Å². The molecular formula is C14H12Cl3OP. The average Bonchev–Trinajstić information content (AvgIpc) is 2.35. The van der Waals surface area contributed by atoms with Gasteiger partial charge in [0.25, 0.3) is 0 Å². The molecule has 0 aliphatic heterocycles. The van der Waals surface area contributed by atoms with Crippen molar-refractivity contribution in [2.75, 3.05) is 0 Å². The number of halogens is 3. The van der Waals surface area contributed by atoms with Crippen molar-refractivity contribution in [2.24, 2.45) is 0 Å². The van der Waals surface area contributed by atoms with Crippen molar-refractivity contribution < 1.29 is 4.57 Å². The van der Waals surface area contributed by atoms with Crippen LogP contribution in [0.3, 0.4) is 0 Å². The fourth-order valence-electron chi connectivity index (χ4n) is 1.67. The Balaban J connectivity index is 2.54. The molecule has 0 unspecified atom stereocenters. The largest absolute Gasteiger partial charge is 0.296 e. The average molecular weight is 334 g/mol. The van der Waals surface area contributed by atoms with E-state index in [4.69, 9.17) is 34.4 Å². The Kier molecular flexibility index (Phi) is 4.32. The predicted molar refractivity (Wildman–Crippen MR) is 85.1 cm³/mol. The molecule has 0 saturated carbocycles. The standard InChI is InChI=1S/C14H12Cl3OP/c1-9-3-5-11(7-13(9)15)19(17,18)12-6-4-10(2)14(16)8-12/h3-8H,1-2H3. The van der Waals surface area contributed by atoms with Gasteiger partial charge >= 0.3 is 0 Å². The van der Waals surface area contributed by atoms with Crippen molar-refractivity contribution in [3.05, 3.63) is 57.6 Å². The Labute approximate surface area is 127 Å². The van der Waals surface area contributed by atoms with E-state index in [0.717, 1.165) is 11.1 Å². The highest BCUT2D eigenvalue weighted by atomic mass is 35.7. The predicted octanol–water partition coefficient (Wildman–Crippen LogP) is 5.08. The molecule has 0 spiro atoms. The molecule has 0 bridgehead atoms.